The molecule has 1 aliphatic rings. The zero-order valence-electron chi connectivity index (χ0n) is 23.7. The molecule has 6 rings (SSSR count). The minimum atomic E-state index is -1.28. The van der Waals surface area contributed by atoms with Gasteiger partial charge in [0.05, 0.1) is 24.9 Å². The SMILES string of the molecule is CC[C@@]1(CCl)O[C@@H](n2cnc3c(NC(c4ccccc4)(c4ccccc4)c4ccc(OC)cc4)ncnc32)[C@H](F)[C@@H]1C. The Balaban J connectivity index is 1.52. The summed E-state index contributed by atoms with van der Waals surface area (Å²) in [4.78, 5) is 13.9. The molecule has 42 heavy (non-hydrogen) atoms. The molecule has 0 saturated carbocycles. The third-order valence-electron chi connectivity index (χ3n) is 8.64. The van der Waals surface area contributed by atoms with Crippen molar-refractivity contribution in [3.8, 4) is 5.75 Å². The lowest BCUT2D eigenvalue weighted by atomic mass is 9.77. The lowest BCUT2D eigenvalue weighted by molar-refractivity contribution is -0.0754. The number of nitrogens with one attached hydrogen (secondary N) is 1. The Hall–Kier alpha value is -4.01. The third-order valence-corrected chi connectivity index (χ3v) is 9.09. The van der Waals surface area contributed by atoms with Crippen molar-refractivity contribution in [2.45, 2.75) is 43.8 Å². The minimum absolute atomic E-state index is 0.203. The number of ether oxygens (including phenoxy) is 2. The maximum Gasteiger partial charge on any atom is 0.169 e. The van der Waals surface area contributed by atoms with E-state index in [0.717, 1.165) is 22.4 Å². The fraction of sp³-hybridized carbons (Fsp3) is 0.303. The van der Waals surface area contributed by atoms with Gasteiger partial charge in [-0.15, -0.1) is 11.6 Å². The smallest absolute Gasteiger partial charge is 0.169 e. The number of rotatable bonds is 9. The van der Waals surface area contributed by atoms with E-state index >= 15 is 4.39 Å². The number of aromatic nitrogens is 4. The molecule has 0 aliphatic carbocycles. The maximum atomic E-state index is 15.7. The first-order chi connectivity index (χ1) is 20.5. The quantitative estimate of drug-likeness (QED) is 0.146. The molecule has 0 spiro atoms. The highest BCUT2D eigenvalue weighted by atomic mass is 35.5. The van der Waals surface area contributed by atoms with Crippen molar-refractivity contribution >= 4 is 28.6 Å². The van der Waals surface area contributed by atoms with Gasteiger partial charge in [-0.3, -0.25) is 4.57 Å². The van der Waals surface area contributed by atoms with Crippen molar-refractivity contribution in [3.63, 3.8) is 0 Å². The van der Waals surface area contributed by atoms with Crippen molar-refractivity contribution in [1.29, 1.82) is 0 Å². The molecule has 216 valence electrons. The number of hydrogen-bond donors (Lipinski definition) is 1. The summed E-state index contributed by atoms with van der Waals surface area (Å²) in [6.07, 6.45) is 1.47. The molecule has 0 radical (unpaired) electrons. The van der Waals surface area contributed by atoms with E-state index < -0.39 is 23.5 Å². The number of anilines is 1. The predicted molar refractivity (Wildman–Crippen MR) is 163 cm³/mol. The second kappa shape index (κ2) is 11.3. The predicted octanol–water partition coefficient (Wildman–Crippen LogP) is 7.13. The van der Waals surface area contributed by atoms with Gasteiger partial charge in [0.15, 0.2) is 29.4 Å². The Bertz CT molecular complexity index is 1600. The van der Waals surface area contributed by atoms with E-state index in [1.165, 1.54) is 6.33 Å². The summed E-state index contributed by atoms with van der Waals surface area (Å²) >= 11 is 6.30. The number of imidazole rings is 1. The van der Waals surface area contributed by atoms with Crippen molar-refractivity contribution < 1.29 is 13.9 Å². The van der Waals surface area contributed by atoms with Gasteiger partial charge in [0.2, 0.25) is 0 Å². The van der Waals surface area contributed by atoms with Crippen molar-refractivity contribution in [1.82, 2.24) is 19.5 Å². The number of fused-ring (bicyclic) bond motifs is 1. The Morgan fingerprint density at radius 1 is 0.952 bits per heavy atom. The molecule has 5 aromatic rings. The van der Waals surface area contributed by atoms with Gasteiger partial charge in [0.1, 0.15) is 17.6 Å². The average Bonchev–Trinajstić information content (AvgIpc) is 3.60. The van der Waals surface area contributed by atoms with Crippen LogP contribution in [0, 0.1) is 5.92 Å². The fourth-order valence-corrected chi connectivity index (χ4v) is 6.55. The molecular formula is C33H33ClFN5O2. The van der Waals surface area contributed by atoms with Crippen LogP contribution in [0.2, 0.25) is 0 Å². The van der Waals surface area contributed by atoms with E-state index in [-0.39, 0.29) is 11.8 Å². The van der Waals surface area contributed by atoms with E-state index in [9.17, 15) is 0 Å². The highest BCUT2D eigenvalue weighted by molar-refractivity contribution is 6.18. The van der Waals surface area contributed by atoms with Crippen LogP contribution in [0.15, 0.2) is 97.6 Å². The molecule has 2 aromatic heterocycles. The van der Waals surface area contributed by atoms with Gasteiger partial charge in [-0.2, -0.15) is 0 Å². The number of benzene rings is 3. The highest BCUT2D eigenvalue weighted by Crippen LogP contribution is 2.47. The van der Waals surface area contributed by atoms with E-state index in [1.54, 1.807) is 18.0 Å². The second-order valence-corrected chi connectivity index (χ2v) is 10.9. The molecule has 0 unspecified atom stereocenters. The molecule has 3 aromatic carbocycles. The van der Waals surface area contributed by atoms with E-state index in [1.807, 2.05) is 74.5 Å². The van der Waals surface area contributed by atoms with Crippen LogP contribution < -0.4 is 10.1 Å². The van der Waals surface area contributed by atoms with Crippen LogP contribution >= 0.6 is 11.6 Å². The zero-order chi connectivity index (χ0) is 29.3. The number of halogens is 2. The fourth-order valence-electron chi connectivity index (χ4n) is 6.05. The van der Waals surface area contributed by atoms with Crippen LogP contribution in [0.5, 0.6) is 5.75 Å². The lowest BCUT2D eigenvalue weighted by Gasteiger charge is -2.37. The average molecular weight is 586 g/mol. The topological polar surface area (TPSA) is 74.1 Å². The van der Waals surface area contributed by atoms with Crippen LogP contribution in [0.3, 0.4) is 0 Å². The first-order valence-corrected chi connectivity index (χ1v) is 14.6. The molecule has 1 N–H and O–H groups in total. The van der Waals surface area contributed by atoms with E-state index in [0.29, 0.717) is 23.4 Å². The molecule has 1 saturated heterocycles. The summed E-state index contributed by atoms with van der Waals surface area (Å²) in [5, 5.41) is 3.76. The van der Waals surface area contributed by atoms with Crippen LogP contribution in [-0.2, 0) is 10.3 Å². The number of methoxy groups -OCH3 is 1. The van der Waals surface area contributed by atoms with Crippen LogP contribution in [0.1, 0.15) is 43.2 Å². The summed E-state index contributed by atoms with van der Waals surface area (Å²) in [7, 11) is 1.65. The highest BCUT2D eigenvalue weighted by Gasteiger charge is 2.53. The van der Waals surface area contributed by atoms with Gasteiger partial charge in [0.25, 0.3) is 0 Å². The maximum absolute atomic E-state index is 15.7. The molecule has 1 aliphatic heterocycles. The summed E-state index contributed by atoms with van der Waals surface area (Å²) in [5.74, 6) is 1.07. The Morgan fingerprint density at radius 3 is 2.12 bits per heavy atom. The number of nitrogens with zero attached hydrogens (tertiary/aromatic N) is 4. The van der Waals surface area contributed by atoms with E-state index in [2.05, 4.69) is 39.6 Å². The third kappa shape index (κ3) is 4.50. The normalized spacial score (nSPS) is 22.4. The summed E-state index contributed by atoms with van der Waals surface area (Å²) in [6, 6.07) is 28.3. The standard InChI is InChI=1S/C33H33ClFN5O2/c1-4-32(19-34)22(2)27(35)31(42-32)40-21-38-28-29(36-20-37-30(28)40)39-33(23-11-7-5-8-12-23,24-13-9-6-10-14-24)25-15-17-26(41-3)18-16-25/h5-18,20-22,27,31H,4,19H2,1-3H3,(H,36,37,39)/t22-,27+,31+,32-/m0/s1. The van der Waals surface area contributed by atoms with Crippen LogP contribution in [0.25, 0.3) is 11.2 Å². The van der Waals surface area contributed by atoms with Gasteiger partial charge < -0.3 is 14.8 Å². The van der Waals surface area contributed by atoms with Gasteiger partial charge in [-0.25, -0.2) is 19.3 Å². The van der Waals surface area contributed by atoms with Crippen molar-refractivity contribution in [2.75, 3.05) is 18.3 Å². The Labute approximate surface area is 249 Å². The first kappa shape index (κ1) is 28.1. The monoisotopic (exact) mass is 585 g/mol. The molecule has 0 amide bonds. The van der Waals surface area contributed by atoms with Crippen LogP contribution in [-0.4, -0.2) is 44.3 Å². The van der Waals surface area contributed by atoms with Crippen LogP contribution in [0.4, 0.5) is 10.2 Å². The van der Waals surface area contributed by atoms with Crippen molar-refractivity contribution in [3.05, 3.63) is 114 Å². The molecular weight excluding hydrogens is 553 g/mol. The summed E-state index contributed by atoms with van der Waals surface area (Å²) < 4.78 is 29.2. The summed E-state index contributed by atoms with van der Waals surface area (Å²) in [6.45, 7) is 3.82. The molecule has 7 nitrogen and oxygen atoms in total. The first-order valence-electron chi connectivity index (χ1n) is 14.1. The molecule has 4 atom stereocenters. The largest absolute Gasteiger partial charge is 0.497 e. The molecule has 1 fully saturated rings. The zero-order valence-corrected chi connectivity index (χ0v) is 24.5. The minimum Gasteiger partial charge on any atom is -0.497 e. The second-order valence-electron chi connectivity index (χ2n) is 10.7. The van der Waals surface area contributed by atoms with Gasteiger partial charge in [0, 0.05) is 5.92 Å². The van der Waals surface area contributed by atoms with Gasteiger partial charge in [-0.1, -0.05) is 86.6 Å². The Kier molecular flexibility index (Phi) is 7.60. The Morgan fingerprint density at radius 2 is 1.57 bits per heavy atom. The lowest BCUT2D eigenvalue weighted by Crippen LogP contribution is -2.38. The summed E-state index contributed by atoms with van der Waals surface area (Å²) in [5.41, 5.74) is 2.32. The van der Waals surface area contributed by atoms with Gasteiger partial charge in [-0.05, 0) is 35.2 Å². The molecule has 3 heterocycles. The molecule has 9 heteroatoms. The van der Waals surface area contributed by atoms with Crippen molar-refractivity contribution in [2.24, 2.45) is 5.92 Å². The van der Waals surface area contributed by atoms with Gasteiger partial charge >= 0.3 is 0 Å². The van der Waals surface area contributed by atoms with E-state index in [4.69, 9.17) is 26.1 Å². The number of alkyl halides is 2. The number of hydrogen-bond acceptors (Lipinski definition) is 6. The molecule has 0 bridgehead atoms.